The summed E-state index contributed by atoms with van der Waals surface area (Å²) in [6, 6.07) is 10.3. The minimum Gasteiger partial charge on any atom is -0.350 e. The maximum absolute atomic E-state index is 13.0. The molecule has 5 fully saturated rings. The number of likely N-dealkylation sites (tertiary alicyclic amines) is 1. The molecule has 0 spiro atoms. The van der Waals surface area contributed by atoms with Gasteiger partial charge < -0.3 is 10.2 Å². The Hall–Kier alpha value is -1.84. The van der Waals surface area contributed by atoms with Gasteiger partial charge in [-0.15, -0.1) is 0 Å². The van der Waals surface area contributed by atoms with Crippen molar-refractivity contribution in [2.75, 3.05) is 13.1 Å². The van der Waals surface area contributed by atoms with Crippen molar-refractivity contribution in [2.45, 2.75) is 56.9 Å². The number of rotatable bonds is 5. The van der Waals surface area contributed by atoms with Gasteiger partial charge >= 0.3 is 0 Å². The van der Waals surface area contributed by atoms with Crippen molar-refractivity contribution in [1.82, 2.24) is 10.2 Å². The van der Waals surface area contributed by atoms with Gasteiger partial charge in [0.2, 0.25) is 11.8 Å². The van der Waals surface area contributed by atoms with Crippen LogP contribution in [0.5, 0.6) is 0 Å². The van der Waals surface area contributed by atoms with E-state index in [2.05, 4.69) is 17.4 Å². The largest absolute Gasteiger partial charge is 0.350 e. The van der Waals surface area contributed by atoms with Gasteiger partial charge in [0.1, 0.15) is 0 Å². The van der Waals surface area contributed by atoms with Crippen molar-refractivity contribution in [2.24, 2.45) is 23.7 Å². The molecular weight excluding hydrogens is 336 g/mol. The number of nitrogens with zero attached hydrogens (tertiary/aromatic N) is 1. The number of nitrogens with one attached hydrogen (secondary N) is 1. The minimum atomic E-state index is -0.165. The Morgan fingerprint density at radius 2 is 1.67 bits per heavy atom. The van der Waals surface area contributed by atoms with Gasteiger partial charge in [0.15, 0.2) is 0 Å². The summed E-state index contributed by atoms with van der Waals surface area (Å²) in [4.78, 5) is 27.3. The summed E-state index contributed by atoms with van der Waals surface area (Å²) in [6.45, 7) is 1.30. The zero-order valence-corrected chi connectivity index (χ0v) is 16.0. The highest BCUT2D eigenvalue weighted by Gasteiger charge is 2.52. The first kappa shape index (κ1) is 17.3. The average molecular weight is 367 g/mol. The number of amides is 2. The summed E-state index contributed by atoms with van der Waals surface area (Å²) in [5, 5.41) is 3.46. The molecule has 1 saturated heterocycles. The SMILES string of the molecule is O=C(NC12CC3CC(CC(C3)C1)C2)[C@H]1CC(=O)N(CCc2ccccc2)C1. The Balaban J connectivity index is 1.18. The van der Waals surface area contributed by atoms with Crippen LogP contribution in [0.2, 0.25) is 0 Å². The maximum Gasteiger partial charge on any atom is 0.225 e. The van der Waals surface area contributed by atoms with Gasteiger partial charge in [-0.1, -0.05) is 30.3 Å². The van der Waals surface area contributed by atoms with Crippen LogP contribution in [0.3, 0.4) is 0 Å². The third-order valence-corrected chi connectivity index (χ3v) is 7.53. The first-order valence-corrected chi connectivity index (χ1v) is 10.7. The van der Waals surface area contributed by atoms with E-state index < -0.39 is 0 Å². The smallest absolute Gasteiger partial charge is 0.225 e. The monoisotopic (exact) mass is 366 g/mol. The summed E-state index contributed by atoms with van der Waals surface area (Å²) in [5.41, 5.74) is 1.29. The van der Waals surface area contributed by atoms with Gasteiger partial charge in [-0.05, 0) is 68.3 Å². The van der Waals surface area contributed by atoms with Gasteiger partial charge in [-0.25, -0.2) is 0 Å². The van der Waals surface area contributed by atoms with Gasteiger partial charge in [0.25, 0.3) is 0 Å². The normalized spacial score (nSPS) is 37.0. The molecular formula is C23H30N2O2. The summed E-state index contributed by atoms with van der Waals surface area (Å²) >= 11 is 0. The van der Waals surface area contributed by atoms with E-state index in [-0.39, 0.29) is 23.3 Å². The summed E-state index contributed by atoms with van der Waals surface area (Å²) in [6.07, 6.45) is 8.89. The Bertz CT molecular complexity index is 694. The molecule has 1 aromatic rings. The van der Waals surface area contributed by atoms with Crippen molar-refractivity contribution < 1.29 is 9.59 Å². The van der Waals surface area contributed by atoms with Crippen LogP contribution in [0, 0.1) is 23.7 Å². The number of hydrogen-bond donors (Lipinski definition) is 1. The van der Waals surface area contributed by atoms with E-state index >= 15 is 0 Å². The Kier molecular flexibility index (Phi) is 4.25. The molecule has 0 radical (unpaired) electrons. The molecule has 1 atom stereocenters. The van der Waals surface area contributed by atoms with Crippen LogP contribution in [0.1, 0.15) is 50.5 Å². The fourth-order valence-corrected chi connectivity index (χ4v) is 6.70. The third-order valence-electron chi connectivity index (χ3n) is 7.53. The highest BCUT2D eigenvalue weighted by molar-refractivity contribution is 5.89. The molecule has 4 saturated carbocycles. The fraction of sp³-hybridized carbons (Fsp3) is 0.652. The minimum absolute atomic E-state index is 0.0480. The molecule has 0 aromatic heterocycles. The van der Waals surface area contributed by atoms with E-state index in [1.165, 1.54) is 44.1 Å². The molecule has 5 aliphatic rings. The fourth-order valence-electron chi connectivity index (χ4n) is 6.70. The van der Waals surface area contributed by atoms with Crippen LogP contribution in [-0.4, -0.2) is 35.3 Å². The maximum atomic E-state index is 13.0. The standard InChI is InChI=1S/C23H30N2O2/c26-21-11-20(15-25(21)7-6-16-4-2-1-3-5-16)22(27)24-23-12-17-8-18(13-23)10-19(9-17)14-23/h1-5,17-20H,6-15H2,(H,24,27)/t17?,18?,19?,20-,23?/m0/s1. The number of hydrogen-bond acceptors (Lipinski definition) is 2. The molecule has 1 N–H and O–H groups in total. The van der Waals surface area contributed by atoms with E-state index in [1.54, 1.807) is 0 Å². The van der Waals surface area contributed by atoms with Gasteiger partial charge in [-0.3, -0.25) is 9.59 Å². The first-order chi connectivity index (χ1) is 13.1. The number of benzene rings is 1. The second kappa shape index (κ2) is 6.65. The lowest BCUT2D eigenvalue weighted by Gasteiger charge is -2.57. The predicted octanol–water partition coefficient (Wildman–Crippen LogP) is 3.16. The molecule has 4 nitrogen and oxygen atoms in total. The molecule has 4 bridgehead atoms. The quantitative estimate of drug-likeness (QED) is 0.870. The molecule has 1 heterocycles. The van der Waals surface area contributed by atoms with Crippen LogP contribution in [0.4, 0.5) is 0 Å². The molecule has 6 rings (SSSR count). The molecule has 1 aliphatic heterocycles. The molecule has 4 heteroatoms. The summed E-state index contributed by atoms with van der Waals surface area (Å²) < 4.78 is 0. The first-order valence-electron chi connectivity index (χ1n) is 10.7. The van der Waals surface area contributed by atoms with Gasteiger partial charge in [0, 0.05) is 25.0 Å². The lowest BCUT2D eigenvalue weighted by Crippen LogP contribution is -2.60. The van der Waals surface area contributed by atoms with Crippen molar-refractivity contribution in [1.29, 1.82) is 0 Å². The van der Waals surface area contributed by atoms with Crippen LogP contribution >= 0.6 is 0 Å². The van der Waals surface area contributed by atoms with Gasteiger partial charge in [0.05, 0.1) is 5.92 Å². The molecule has 0 unspecified atom stereocenters. The lowest BCUT2D eigenvalue weighted by atomic mass is 9.53. The molecule has 144 valence electrons. The highest BCUT2D eigenvalue weighted by atomic mass is 16.2. The molecule has 4 aliphatic carbocycles. The van der Waals surface area contributed by atoms with Crippen LogP contribution in [0.25, 0.3) is 0 Å². The Morgan fingerprint density at radius 1 is 1.04 bits per heavy atom. The number of carbonyl (C=O) groups is 2. The van der Waals surface area contributed by atoms with E-state index in [0.717, 1.165) is 24.2 Å². The molecule has 27 heavy (non-hydrogen) atoms. The summed E-state index contributed by atoms with van der Waals surface area (Å²) in [7, 11) is 0. The highest BCUT2D eigenvalue weighted by Crippen LogP contribution is 2.55. The van der Waals surface area contributed by atoms with E-state index in [9.17, 15) is 9.59 Å². The number of carbonyl (C=O) groups excluding carboxylic acids is 2. The van der Waals surface area contributed by atoms with Crippen molar-refractivity contribution in [3.05, 3.63) is 35.9 Å². The second-order valence-electron chi connectivity index (χ2n) is 9.66. The average Bonchev–Trinajstić information content (AvgIpc) is 3.00. The topological polar surface area (TPSA) is 49.4 Å². The van der Waals surface area contributed by atoms with E-state index in [1.807, 2.05) is 23.1 Å². The molecule has 1 aromatic carbocycles. The van der Waals surface area contributed by atoms with Crippen LogP contribution in [-0.2, 0) is 16.0 Å². The zero-order chi connectivity index (χ0) is 18.4. The Labute approximate surface area is 161 Å². The predicted molar refractivity (Wildman–Crippen MR) is 104 cm³/mol. The lowest BCUT2D eigenvalue weighted by molar-refractivity contribution is -0.131. The second-order valence-corrected chi connectivity index (χ2v) is 9.66. The molecule has 2 amide bonds. The Morgan fingerprint density at radius 3 is 2.30 bits per heavy atom. The van der Waals surface area contributed by atoms with Crippen LogP contribution < -0.4 is 5.32 Å². The van der Waals surface area contributed by atoms with Crippen molar-refractivity contribution in [3.8, 4) is 0 Å². The van der Waals surface area contributed by atoms with E-state index in [0.29, 0.717) is 19.5 Å². The van der Waals surface area contributed by atoms with E-state index in [4.69, 9.17) is 0 Å². The third kappa shape index (κ3) is 3.39. The zero-order valence-electron chi connectivity index (χ0n) is 16.0. The van der Waals surface area contributed by atoms with Crippen molar-refractivity contribution >= 4 is 11.8 Å². The van der Waals surface area contributed by atoms with Gasteiger partial charge in [-0.2, -0.15) is 0 Å². The summed E-state index contributed by atoms with van der Waals surface area (Å²) in [5.74, 6) is 2.57. The van der Waals surface area contributed by atoms with Crippen molar-refractivity contribution in [3.63, 3.8) is 0 Å². The van der Waals surface area contributed by atoms with Crippen LogP contribution in [0.15, 0.2) is 30.3 Å².